The van der Waals surface area contributed by atoms with E-state index in [4.69, 9.17) is 11.6 Å². The number of pyridine rings is 1. The van der Waals surface area contributed by atoms with Crippen molar-refractivity contribution in [1.29, 1.82) is 0 Å². The molecule has 3 nitrogen and oxygen atoms in total. The van der Waals surface area contributed by atoms with Crippen molar-refractivity contribution in [2.24, 2.45) is 0 Å². The summed E-state index contributed by atoms with van der Waals surface area (Å²) in [7, 11) is 0. The van der Waals surface area contributed by atoms with Gasteiger partial charge in [-0.15, -0.1) is 0 Å². The Labute approximate surface area is 121 Å². The normalized spacial score (nSPS) is 14.3. The number of carbonyl (C=O) groups is 1. The second-order valence-corrected chi connectivity index (χ2v) is 5.06. The van der Waals surface area contributed by atoms with E-state index in [9.17, 15) is 9.18 Å². The predicted octanol–water partition coefficient (Wildman–Crippen LogP) is 3.35. The molecule has 0 saturated heterocycles. The van der Waals surface area contributed by atoms with Crippen LogP contribution < -0.4 is 4.90 Å². The zero-order valence-electron chi connectivity index (χ0n) is 10.6. The Balaban J connectivity index is 1.97. The van der Waals surface area contributed by atoms with Crippen LogP contribution in [0.15, 0.2) is 36.5 Å². The summed E-state index contributed by atoms with van der Waals surface area (Å²) in [4.78, 5) is 17.8. The minimum Gasteiger partial charge on any atom is -0.308 e. The number of nitrogens with zero attached hydrogens (tertiary/aromatic N) is 2. The molecule has 20 heavy (non-hydrogen) atoms. The van der Waals surface area contributed by atoms with E-state index in [1.165, 1.54) is 12.1 Å². The second-order valence-electron chi connectivity index (χ2n) is 4.71. The quantitative estimate of drug-likeness (QED) is 0.795. The van der Waals surface area contributed by atoms with Gasteiger partial charge in [-0.2, -0.15) is 0 Å². The maximum Gasteiger partial charge on any atom is 0.227 e. The topological polar surface area (TPSA) is 33.2 Å². The summed E-state index contributed by atoms with van der Waals surface area (Å²) >= 11 is 6.03. The van der Waals surface area contributed by atoms with Gasteiger partial charge in [0.2, 0.25) is 5.91 Å². The Kier molecular flexibility index (Phi) is 3.40. The van der Waals surface area contributed by atoms with E-state index in [0.29, 0.717) is 24.5 Å². The van der Waals surface area contributed by atoms with Gasteiger partial charge >= 0.3 is 0 Å². The molecule has 5 heteroatoms. The first-order chi connectivity index (χ1) is 9.65. The van der Waals surface area contributed by atoms with E-state index in [1.54, 1.807) is 23.2 Å². The Bertz CT molecular complexity index is 675. The van der Waals surface area contributed by atoms with Gasteiger partial charge in [0.25, 0.3) is 0 Å². The molecule has 0 N–H and O–H groups in total. The highest BCUT2D eigenvalue weighted by Gasteiger charge is 2.25. The number of benzene rings is 1. The van der Waals surface area contributed by atoms with Crippen molar-refractivity contribution in [2.75, 3.05) is 4.90 Å². The Morgan fingerprint density at radius 1 is 1.30 bits per heavy atom. The Morgan fingerprint density at radius 3 is 2.95 bits per heavy atom. The summed E-state index contributed by atoms with van der Waals surface area (Å²) in [6.45, 7) is 0.351. The summed E-state index contributed by atoms with van der Waals surface area (Å²) in [5.74, 6) is -0.263. The summed E-state index contributed by atoms with van der Waals surface area (Å²) < 4.78 is 13.3. The van der Waals surface area contributed by atoms with Gasteiger partial charge < -0.3 is 4.90 Å². The van der Waals surface area contributed by atoms with Gasteiger partial charge in [0.05, 0.1) is 6.54 Å². The smallest absolute Gasteiger partial charge is 0.227 e. The molecule has 0 unspecified atom stereocenters. The molecule has 1 aliphatic rings. The lowest BCUT2D eigenvalue weighted by Gasteiger charge is -2.29. The molecule has 0 fully saturated rings. The standard InChI is InChI=1S/C15H12ClFN2O/c16-15-11(2-1-7-18-15)9-19-13-5-4-12(17)8-10(13)3-6-14(19)20/h1-2,4-5,7-8H,3,6,9H2. The lowest BCUT2D eigenvalue weighted by atomic mass is 10.0. The fraction of sp³-hybridized carbons (Fsp3) is 0.200. The van der Waals surface area contributed by atoms with Crippen molar-refractivity contribution >= 4 is 23.2 Å². The molecule has 2 aromatic rings. The van der Waals surface area contributed by atoms with Crippen LogP contribution in [0, 0.1) is 5.82 Å². The van der Waals surface area contributed by atoms with E-state index < -0.39 is 0 Å². The van der Waals surface area contributed by atoms with Crippen molar-refractivity contribution < 1.29 is 9.18 Å². The van der Waals surface area contributed by atoms with Crippen molar-refractivity contribution in [3.05, 3.63) is 58.6 Å². The molecule has 1 aliphatic heterocycles. The van der Waals surface area contributed by atoms with Gasteiger partial charge in [-0.1, -0.05) is 17.7 Å². The number of aryl methyl sites for hydroxylation is 1. The lowest BCUT2D eigenvalue weighted by molar-refractivity contribution is -0.119. The fourth-order valence-corrected chi connectivity index (χ4v) is 2.59. The highest BCUT2D eigenvalue weighted by molar-refractivity contribution is 6.30. The van der Waals surface area contributed by atoms with Crippen molar-refractivity contribution in [1.82, 2.24) is 4.98 Å². The number of carbonyl (C=O) groups excluding carboxylic acids is 1. The van der Waals surface area contributed by atoms with E-state index in [-0.39, 0.29) is 11.7 Å². The summed E-state index contributed by atoms with van der Waals surface area (Å²) in [6.07, 6.45) is 2.56. The first-order valence-electron chi connectivity index (χ1n) is 6.33. The number of aromatic nitrogens is 1. The molecular formula is C15H12ClFN2O. The summed E-state index contributed by atoms with van der Waals surface area (Å²) in [6, 6.07) is 8.11. The molecule has 0 aliphatic carbocycles. The molecule has 0 radical (unpaired) electrons. The van der Waals surface area contributed by atoms with E-state index in [1.807, 2.05) is 6.07 Å². The molecule has 0 spiro atoms. The monoisotopic (exact) mass is 290 g/mol. The lowest BCUT2D eigenvalue weighted by Crippen LogP contribution is -2.34. The average molecular weight is 291 g/mol. The van der Waals surface area contributed by atoms with Crippen molar-refractivity contribution in [2.45, 2.75) is 19.4 Å². The van der Waals surface area contributed by atoms with Gasteiger partial charge in [-0.3, -0.25) is 4.79 Å². The highest BCUT2D eigenvalue weighted by Crippen LogP contribution is 2.30. The number of anilines is 1. The van der Waals surface area contributed by atoms with Gasteiger partial charge in [-0.05, 0) is 36.2 Å². The number of amides is 1. The van der Waals surface area contributed by atoms with E-state index in [2.05, 4.69) is 4.98 Å². The molecular weight excluding hydrogens is 279 g/mol. The summed E-state index contributed by atoms with van der Waals surface area (Å²) in [5, 5.41) is 0.384. The fourth-order valence-electron chi connectivity index (χ4n) is 2.41. The number of fused-ring (bicyclic) bond motifs is 1. The minimum absolute atomic E-state index is 0.0176. The van der Waals surface area contributed by atoms with Gasteiger partial charge in [0.1, 0.15) is 11.0 Å². The second kappa shape index (κ2) is 5.21. The highest BCUT2D eigenvalue weighted by atomic mass is 35.5. The van der Waals surface area contributed by atoms with E-state index >= 15 is 0 Å². The van der Waals surface area contributed by atoms with Crippen LogP contribution in [0.1, 0.15) is 17.5 Å². The van der Waals surface area contributed by atoms with Crippen LogP contribution in [0.25, 0.3) is 0 Å². The first-order valence-corrected chi connectivity index (χ1v) is 6.71. The molecule has 3 rings (SSSR count). The maximum atomic E-state index is 13.3. The van der Waals surface area contributed by atoms with Gasteiger partial charge in [0.15, 0.2) is 0 Å². The molecule has 1 aromatic heterocycles. The van der Waals surface area contributed by atoms with Crippen LogP contribution in [-0.4, -0.2) is 10.9 Å². The van der Waals surface area contributed by atoms with Crippen LogP contribution in [-0.2, 0) is 17.8 Å². The number of hydrogen-bond acceptors (Lipinski definition) is 2. The van der Waals surface area contributed by atoms with Crippen LogP contribution >= 0.6 is 11.6 Å². The number of rotatable bonds is 2. The van der Waals surface area contributed by atoms with Crippen LogP contribution in [0.3, 0.4) is 0 Å². The van der Waals surface area contributed by atoms with Gasteiger partial charge in [-0.25, -0.2) is 9.37 Å². The zero-order chi connectivity index (χ0) is 14.1. The minimum atomic E-state index is -0.280. The molecule has 2 heterocycles. The number of hydrogen-bond donors (Lipinski definition) is 0. The predicted molar refractivity (Wildman–Crippen MR) is 75.2 cm³/mol. The molecule has 102 valence electrons. The third kappa shape index (κ3) is 2.39. The van der Waals surface area contributed by atoms with Crippen LogP contribution in [0.2, 0.25) is 5.15 Å². The van der Waals surface area contributed by atoms with E-state index in [0.717, 1.165) is 16.8 Å². The first kappa shape index (κ1) is 13.1. The SMILES string of the molecule is O=C1CCc2cc(F)ccc2N1Cc1cccnc1Cl. The largest absolute Gasteiger partial charge is 0.308 e. The third-order valence-corrected chi connectivity index (χ3v) is 3.75. The average Bonchev–Trinajstić information content (AvgIpc) is 2.44. The Hall–Kier alpha value is -1.94. The molecule has 1 aromatic carbocycles. The van der Waals surface area contributed by atoms with Crippen LogP contribution in [0.5, 0.6) is 0 Å². The zero-order valence-corrected chi connectivity index (χ0v) is 11.4. The van der Waals surface area contributed by atoms with Crippen LogP contribution in [0.4, 0.5) is 10.1 Å². The van der Waals surface area contributed by atoms with Crippen molar-refractivity contribution in [3.8, 4) is 0 Å². The molecule has 0 saturated carbocycles. The third-order valence-electron chi connectivity index (χ3n) is 3.41. The Morgan fingerprint density at radius 2 is 2.15 bits per heavy atom. The van der Waals surface area contributed by atoms with Gasteiger partial charge in [0, 0.05) is 23.9 Å². The number of halogens is 2. The van der Waals surface area contributed by atoms with Crippen molar-refractivity contribution in [3.63, 3.8) is 0 Å². The summed E-state index contributed by atoms with van der Waals surface area (Å²) in [5.41, 5.74) is 2.38. The molecule has 1 amide bonds. The molecule has 0 atom stereocenters. The molecule has 0 bridgehead atoms. The maximum absolute atomic E-state index is 13.3.